The van der Waals surface area contributed by atoms with E-state index in [0.29, 0.717) is 24.3 Å². The minimum atomic E-state index is -3.84. The predicted octanol–water partition coefficient (Wildman–Crippen LogP) is 3.32. The maximum absolute atomic E-state index is 13.6. The van der Waals surface area contributed by atoms with Crippen molar-refractivity contribution >= 4 is 27.5 Å². The molecule has 0 radical (unpaired) electrons. The fourth-order valence-electron chi connectivity index (χ4n) is 3.59. The number of rotatable bonds is 13. The van der Waals surface area contributed by atoms with Crippen LogP contribution in [0.3, 0.4) is 0 Å². The molecule has 0 bridgehead atoms. The number of anilines is 1. The topological polar surface area (TPSA) is 96.0 Å². The standard InChI is InChI=1S/C25H34FN3O5S/c1-5-7-15-27-25(31)23(6-2)28(17-19-11-13-20(26)14-12-19)24(30)18-29(35(4,32)33)21-9-8-10-22(16-21)34-3/h8-14,16,23H,5-7,15,17-18H2,1-4H3,(H,27,31)/t23-/m0/s1. The van der Waals surface area contributed by atoms with Gasteiger partial charge < -0.3 is 15.0 Å². The summed E-state index contributed by atoms with van der Waals surface area (Å²) in [6.45, 7) is 3.78. The smallest absolute Gasteiger partial charge is 0.244 e. The Balaban J connectivity index is 2.40. The van der Waals surface area contributed by atoms with Crippen LogP contribution in [0.1, 0.15) is 38.7 Å². The Morgan fingerprint density at radius 1 is 1.11 bits per heavy atom. The molecule has 2 amide bonds. The number of carbonyl (C=O) groups excluding carboxylic acids is 2. The van der Waals surface area contributed by atoms with Crippen LogP contribution in [-0.4, -0.2) is 57.6 Å². The lowest BCUT2D eigenvalue weighted by Crippen LogP contribution is -2.52. The third-order valence-corrected chi connectivity index (χ3v) is 6.64. The first-order valence-corrected chi connectivity index (χ1v) is 13.4. The zero-order valence-corrected chi connectivity index (χ0v) is 21.5. The Morgan fingerprint density at radius 2 is 1.80 bits per heavy atom. The third-order valence-electron chi connectivity index (χ3n) is 5.50. The number of benzene rings is 2. The van der Waals surface area contributed by atoms with E-state index in [1.54, 1.807) is 25.1 Å². The van der Waals surface area contributed by atoms with E-state index in [-0.39, 0.29) is 18.1 Å². The van der Waals surface area contributed by atoms with E-state index in [4.69, 9.17) is 4.74 Å². The maximum atomic E-state index is 13.6. The number of ether oxygens (including phenoxy) is 1. The van der Waals surface area contributed by atoms with Crippen molar-refractivity contribution in [3.63, 3.8) is 0 Å². The zero-order chi connectivity index (χ0) is 26.0. The van der Waals surface area contributed by atoms with E-state index in [9.17, 15) is 22.4 Å². The van der Waals surface area contributed by atoms with E-state index in [0.717, 1.165) is 23.4 Å². The highest BCUT2D eigenvalue weighted by Gasteiger charge is 2.31. The second-order valence-corrected chi connectivity index (χ2v) is 10.1. The maximum Gasteiger partial charge on any atom is 0.244 e. The van der Waals surface area contributed by atoms with Gasteiger partial charge in [-0.05, 0) is 42.7 Å². The van der Waals surface area contributed by atoms with E-state index in [2.05, 4.69) is 5.32 Å². The van der Waals surface area contributed by atoms with Gasteiger partial charge in [0, 0.05) is 19.2 Å². The molecule has 8 nitrogen and oxygen atoms in total. The molecular weight excluding hydrogens is 473 g/mol. The molecule has 0 saturated carbocycles. The van der Waals surface area contributed by atoms with Crippen LogP contribution in [0.5, 0.6) is 5.75 Å². The van der Waals surface area contributed by atoms with Gasteiger partial charge in [-0.25, -0.2) is 12.8 Å². The molecule has 35 heavy (non-hydrogen) atoms. The summed E-state index contributed by atoms with van der Waals surface area (Å²) in [5, 5.41) is 2.85. The average molecular weight is 508 g/mol. The molecule has 0 saturated heterocycles. The summed E-state index contributed by atoms with van der Waals surface area (Å²) in [6, 6.07) is 11.2. The van der Waals surface area contributed by atoms with Crippen LogP contribution in [-0.2, 0) is 26.2 Å². The van der Waals surface area contributed by atoms with Crippen LogP contribution in [0, 0.1) is 5.82 Å². The highest BCUT2D eigenvalue weighted by atomic mass is 32.2. The van der Waals surface area contributed by atoms with Gasteiger partial charge in [-0.3, -0.25) is 13.9 Å². The normalized spacial score (nSPS) is 12.0. The number of amides is 2. The molecule has 0 aliphatic rings. The van der Waals surface area contributed by atoms with Gasteiger partial charge in [0.1, 0.15) is 24.2 Å². The fourth-order valence-corrected chi connectivity index (χ4v) is 4.43. The summed E-state index contributed by atoms with van der Waals surface area (Å²) < 4.78 is 44.9. The van der Waals surface area contributed by atoms with Crippen LogP contribution in [0.2, 0.25) is 0 Å². The second-order valence-electron chi connectivity index (χ2n) is 8.19. The molecule has 192 valence electrons. The van der Waals surface area contributed by atoms with Crippen molar-refractivity contribution in [3.05, 3.63) is 59.9 Å². The first-order valence-electron chi connectivity index (χ1n) is 11.5. The summed E-state index contributed by atoms with van der Waals surface area (Å²) in [5.74, 6) is -0.852. The number of sulfonamides is 1. The van der Waals surface area contributed by atoms with Gasteiger partial charge in [0.2, 0.25) is 21.8 Å². The molecule has 0 heterocycles. The van der Waals surface area contributed by atoms with Gasteiger partial charge >= 0.3 is 0 Å². The van der Waals surface area contributed by atoms with Crippen molar-refractivity contribution < 1.29 is 27.1 Å². The van der Waals surface area contributed by atoms with Gasteiger partial charge in [0.15, 0.2) is 0 Å². The summed E-state index contributed by atoms with van der Waals surface area (Å²) in [6.07, 6.45) is 3.03. The minimum absolute atomic E-state index is 0.0224. The molecule has 2 rings (SSSR count). The van der Waals surface area contributed by atoms with Crippen molar-refractivity contribution in [2.45, 2.75) is 45.7 Å². The number of carbonyl (C=O) groups is 2. The van der Waals surface area contributed by atoms with Crippen molar-refractivity contribution in [3.8, 4) is 5.75 Å². The Kier molecular flexibility index (Phi) is 10.5. The molecule has 2 aromatic rings. The largest absolute Gasteiger partial charge is 0.497 e. The molecule has 0 aliphatic carbocycles. The third kappa shape index (κ3) is 8.24. The van der Waals surface area contributed by atoms with Crippen LogP contribution < -0.4 is 14.4 Å². The molecule has 0 aromatic heterocycles. The quantitative estimate of drug-likeness (QED) is 0.420. The summed E-state index contributed by atoms with van der Waals surface area (Å²) in [7, 11) is -2.38. The summed E-state index contributed by atoms with van der Waals surface area (Å²) in [4.78, 5) is 27.9. The molecule has 0 fully saturated rings. The number of nitrogens with zero attached hydrogens (tertiary/aromatic N) is 2. The van der Waals surface area contributed by atoms with Crippen LogP contribution >= 0.6 is 0 Å². The summed E-state index contributed by atoms with van der Waals surface area (Å²) >= 11 is 0. The highest BCUT2D eigenvalue weighted by molar-refractivity contribution is 7.92. The Morgan fingerprint density at radius 3 is 2.37 bits per heavy atom. The van der Waals surface area contributed by atoms with Crippen molar-refractivity contribution in [2.75, 3.05) is 30.8 Å². The molecule has 10 heteroatoms. The highest BCUT2D eigenvalue weighted by Crippen LogP contribution is 2.24. The van der Waals surface area contributed by atoms with E-state index < -0.39 is 34.3 Å². The number of unbranched alkanes of at least 4 members (excludes halogenated alkanes) is 1. The van der Waals surface area contributed by atoms with Gasteiger partial charge in [-0.2, -0.15) is 0 Å². The van der Waals surface area contributed by atoms with Crippen LogP contribution in [0.4, 0.5) is 10.1 Å². The fraction of sp³-hybridized carbons (Fsp3) is 0.440. The number of methoxy groups -OCH3 is 1. The molecule has 2 aromatic carbocycles. The van der Waals surface area contributed by atoms with Crippen LogP contribution in [0.25, 0.3) is 0 Å². The lowest BCUT2D eigenvalue weighted by molar-refractivity contribution is -0.140. The number of hydrogen-bond acceptors (Lipinski definition) is 5. The monoisotopic (exact) mass is 507 g/mol. The summed E-state index contributed by atoms with van der Waals surface area (Å²) in [5.41, 5.74) is 0.884. The van der Waals surface area contributed by atoms with Gasteiger partial charge in [-0.15, -0.1) is 0 Å². The SMILES string of the molecule is CCCCNC(=O)[C@H](CC)N(Cc1ccc(F)cc1)C(=O)CN(c1cccc(OC)c1)S(C)(=O)=O. The molecule has 0 aliphatic heterocycles. The first-order chi connectivity index (χ1) is 16.6. The Labute approximate surface area is 207 Å². The molecule has 0 unspecified atom stereocenters. The van der Waals surface area contributed by atoms with Gasteiger partial charge in [0.25, 0.3) is 0 Å². The molecular formula is C25H34FN3O5S. The number of nitrogens with one attached hydrogen (secondary N) is 1. The van der Waals surface area contributed by atoms with Gasteiger partial charge in [-0.1, -0.05) is 38.5 Å². The second kappa shape index (κ2) is 13.1. The van der Waals surface area contributed by atoms with E-state index >= 15 is 0 Å². The molecule has 0 spiro atoms. The lowest BCUT2D eigenvalue weighted by atomic mass is 10.1. The molecule has 1 atom stereocenters. The van der Waals surface area contributed by atoms with Crippen LogP contribution in [0.15, 0.2) is 48.5 Å². The van der Waals surface area contributed by atoms with Crippen molar-refractivity contribution in [1.29, 1.82) is 0 Å². The molecule has 1 N–H and O–H groups in total. The Bertz CT molecular complexity index is 1090. The van der Waals surface area contributed by atoms with Crippen molar-refractivity contribution in [1.82, 2.24) is 10.2 Å². The minimum Gasteiger partial charge on any atom is -0.497 e. The number of hydrogen-bond donors (Lipinski definition) is 1. The zero-order valence-electron chi connectivity index (χ0n) is 20.7. The van der Waals surface area contributed by atoms with E-state index in [1.165, 1.54) is 42.3 Å². The Hall–Kier alpha value is -3.14. The average Bonchev–Trinajstić information content (AvgIpc) is 2.83. The first kappa shape index (κ1) is 28.1. The lowest BCUT2D eigenvalue weighted by Gasteiger charge is -2.33. The van der Waals surface area contributed by atoms with Crippen molar-refractivity contribution in [2.24, 2.45) is 0 Å². The number of halogens is 1. The predicted molar refractivity (Wildman–Crippen MR) is 134 cm³/mol. The van der Waals surface area contributed by atoms with E-state index in [1.807, 2.05) is 6.92 Å². The van der Waals surface area contributed by atoms with Gasteiger partial charge in [0.05, 0.1) is 19.1 Å².